The minimum absolute atomic E-state index is 0.709. The minimum Gasteiger partial charge on any atom is -0.352 e. The Kier molecular flexibility index (Phi) is 3.16. The molecule has 0 bridgehead atoms. The van der Waals surface area contributed by atoms with Crippen LogP contribution in [0.15, 0.2) is 61.3 Å². The lowest BCUT2D eigenvalue weighted by atomic mass is 10.0. The molecule has 0 amide bonds. The van der Waals surface area contributed by atoms with Gasteiger partial charge in [-0.3, -0.25) is 9.97 Å². The first kappa shape index (κ1) is 11.7. The molecule has 3 heterocycles. The third-order valence-corrected chi connectivity index (χ3v) is 3.21. The van der Waals surface area contributed by atoms with Crippen LogP contribution >= 0.6 is 12.2 Å². The molecule has 0 fully saturated rings. The molecule has 0 aliphatic rings. The number of aromatic amines is 1. The van der Waals surface area contributed by atoms with E-state index in [0.29, 0.717) is 4.64 Å². The van der Waals surface area contributed by atoms with Gasteiger partial charge in [-0.2, -0.15) is 0 Å². The van der Waals surface area contributed by atoms with Crippen molar-refractivity contribution < 1.29 is 0 Å². The van der Waals surface area contributed by atoms with Crippen molar-refractivity contribution in [1.82, 2.24) is 15.0 Å². The Morgan fingerprint density at radius 3 is 2.21 bits per heavy atom. The second-order valence-electron chi connectivity index (χ2n) is 4.11. The highest BCUT2D eigenvalue weighted by atomic mass is 32.1. The molecule has 0 aliphatic heterocycles. The molecule has 0 saturated carbocycles. The predicted octanol–water partition coefficient (Wildman–Crippen LogP) is 3.87. The van der Waals surface area contributed by atoms with Gasteiger partial charge in [-0.05, 0) is 23.8 Å². The van der Waals surface area contributed by atoms with Gasteiger partial charge in [0.2, 0.25) is 0 Å². The maximum atomic E-state index is 5.34. The molecule has 3 nitrogen and oxygen atoms in total. The van der Waals surface area contributed by atoms with Crippen molar-refractivity contribution in [3.63, 3.8) is 0 Å². The summed E-state index contributed by atoms with van der Waals surface area (Å²) >= 11 is 5.34. The van der Waals surface area contributed by atoms with Crippen LogP contribution in [0, 0.1) is 4.64 Å². The largest absolute Gasteiger partial charge is 0.352 e. The number of H-pyrrole nitrogens is 1. The Balaban J connectivity index is 2.15. The van der Waals surface area contributed by atoms with E-state index in [1.165, 1.54) is 0 Å². The zero-order chi connectivity index (χ0) is 13.1. The molecule has 0 spiro atoms. The van der Waals surface area contributed by atoms with E-state index in [9.17, 15) is 0 Å². The smallest absolute Gasteiger partial charge is 0.111 e. The summed E-state index contributed by atoms with van der Waals surface area (Å²) in [4.78, 5) is 11.4. The van der Waals surface area contributed by atoms with Gasteiger partial charge in [0.25, 0.3) is 0 Å². The number of aromatic nitrogens is 3. The molecule has 3 aromatic heterocycles. The van der Waals surface area contributed by atoms with Gasteiger partial charge < -0.3 is 4.98 Å². The Morgan fingerprint density at radius 2 is 1.58 bits per heavy atom. The Morgan fingerprint density at radius 1 is 0.895 bits per heavy atom. The Labute approximate surface area is 116 Å². The molecule has 3 aromatic rings. The van der Waals surface area contributed by atoms with Gasteiger partial charge in [0.05, 0.1) is 0 Å². The molecular weight excluding hydrogens is 254 g/mol. The van der Waals surface area contributed by atoms with Gasteiger partial charge in [-0.25, -0.2) is 0 Å². The second kappa shape index (κ2) is 5.12. The predicted molar refractivity (Wildman–Crippen MR) is 78.1 cm³/mol. The molecule has 3 rings (SSSR count). The van der Waals surface area contributed by atoms with E-state index in [1.807, 2.05) is 42.9 Å². The maximum absolute atomic E-state index is 5.34. The van der Waals surface area contributed by atoms with Crippen molar-refractivity contribution in [3.05, 3.63) is 66.0 Å². The van der Waals surface area contributed by atoms with Gasteiger partial charge >= 0.3 is 0 Å². The summed E-state index contributed by atoms with van der Waals surface area (Å²) < 4.78 is 0.709. The number of hydrogen-bond donors (Lipinski definition) is 1. The topological polar surface area (TPSA) is 41.6 Å². The van der Waals surface area contributed by atoms with E-state index >= 15 is 0 Å². The molecule has 92 valence electrons. The summed E-state index contributed by atoms with van der Waals surface area (Å²) in [7, 11) is 0. The SMILES string of the molecule is S=c1[nH]cc(-c2cccnc2)cc1-c1cccnc1. The average Bonchev–Trinajstić information content (AvgIpc) is 2.49. The van der Waals surface area contributed by atoms with Crippen LogP contribution in [0.3, 0.4) is 0 Å². The highest BCUT2D eigenvalue weighted by Crippen LogP contribution is 2.25. The monoisotopic (exact) mass is 265 g/mol. The van der Waals surface area contributed by atoms with E-state index in [0.717, 1.165) is 22.3 Å². The van der Waals surface area contributed by atoms with E-state index in [-0.39, 0.29) is 0 Å². The lowest BCUT2D eigenvalue weighted by Gasteiger charge is -2.05. The van der Waals surface area contributed by atoms with Crippen LogP contribution in [0.1, 0.15) is 0 Å². The van der Waals surface area contributed by atoms with Crippen LogP contribution in [0.4, 0.5) is 0 Å². The molecule has 0 radical (unpaired) electrons. The van der Waals surface area contributed by atoms with Gasteiger partial charge in [-0.1, -0.05) is 24.4 Å². The number of pyridine rings is 3. The van der Waals surface area contributed by atoms with Crippen molar-refractivity contribution in [2.45, 2.75) is 0 Å². The van der Waals surface area contributed by atoms with Crippen molar-refractivity contribution >= 4 is 12.2 Å². The highest BCUT2D eigenvalue weighted by molar-refractivity contribution is 7.71. The Bertz CT molecular complexity index is 736. The van der Waals surface area contributed by atoms with Gasteiger partial charge in [0.15, 0.2) is 0 Å². The summed E-state index contributed by atoms with van der Waals surface area (Å²) in [6.07, 6.45) is 9.06. The van der Waals surface area contributed by atoms with Crippen LogP contribution in [0.5, 0.6) is 0 Å². The van der Waals surface area contributed by atoms with Crippen LogP contribution in [-0.4, -0.2) is 15.0 Å². The molecular formula is C15H11N3S. The highest BCUT2D eigenvalue weighted by Gasteiger charge is 2.04. The molecule has 4 heteroatoms. The van der Waals surface area contributed by atoms with E-state index in [4.69, 9.17) is 12.2 Å². The first-order valence-corrected chi connectivity index (χ1v) is 6.29. The van der Waals surface area contributed by atoms with Gasteiger partial charge in [0.1, 0.15) is 4.64 Å². The first-order valence-electron chi connectivity index (χ1n) is 5.88. The summed E-state index contributed by atoms with van der Waals surface area (Å²) in [5.41, 5.74) is 4.10. The summed E-state index contributed by atoms with van der Waals surface area (Å²) in [5.74, 6) is 0. The minimum atomic E-state index is 0.709. The fourth-order valence-corrected chi connectivity index (χ4v) is 2.16. The molecule has 0 atom stereocenters. The quantitative estimate of drug-likeness (QED) is 0.715. The second-order valence-corrected chi connectivity index (χ2v) is 4.52. The van der Waals surface area contributed by atoms with Crippen molar-refractivity contribution in [3.8, 4) is 22.3 Å². The van der Waals surface area contributed by atoms with E-state index in [2.05, 4.69) is 21.0 Å². The van der Waals surface area contributed by atoms with E-state index in [1.54, 1.807) is 12.4 Å². The third-order valence-electron chi connectivity index (χ3n) is 2.87. The van der Waals surface area contributed by atoms with Crippen molar-refractivity contribution in [2.75, 3.05) is 0 Å². The molecule has 19 heavy (non-hydrogen) atoms. The standard InChI is InChI=1S/C15H11N3S/c19-15-14(12-4-2-6-17-9-12)7-13(10-18-15)11-3-1-5-16-8-11/h1-10H,(H,18,19). The van der Waals surface area contributed by atoms with Crippen LogP contribution in [-0.2, 0) is 0 Å². The van der Waals surface area contributed by atoms with Gasteiger partial charge in [0, 0.05) is 47.7 Å². The normalized spacial score (nSPS) is 10.3. The van der Waals surface area contributed by atoms with E-state index < -0.39 is 0 Å². The van der Waals surface area contributed by atoms with Gasteiger partial charge in [-0.15, -0.1) is 0 Å². The molecule has 0 unspecified atom stereocenters. The first-order chi connectivity index (χ1) is 9.34. The molecule has 0 aromatic carbocycles. The fraction of sp³-hybridized carbons (Fsp3) is 0. The zero-order valence-corrected chi connectivity index (χ0v) is 10.9. The third kappa shape index (κ3) is 2.44. The summed E-state index contributed by atoms with van der Waals surface area (Å²) in [6.45, 7) is 0. The number of nitrogens with one attached hydrogen (secondary N) is 1. The van der Waals surface area contributed by atoms with Crippen LogP contribution < -0.4 is 0 Å². The zero-order valence-electron chi connectivity index (χ0n) is 10.1. The lowest BCUT2D eigenvalue weighted by molar-refractivity contribution is 1.27. The molecule has 0 aliphatic carbocycles. The van der Waals surface area contributed by atoms with Crippen LogP contribution in [0.25, 0.3) is 22.3 Å². The number of hydrogen-bond acceptors (Lipinski definition) is 3. The fourth-order valence-electron chi connectivity index (χ4n) is 1.92. The summed E-state index contributed by atoms with van der Waals surface area (Å²) in [5, 5.41) is 0. The number of nitrogens with zero attached hydrogens (tertiary/aromatic N) is 2. The Hall–Kier alpha value is -2.33. The van der Waals surface area contributed by atoms with Crippen LogP contribution in [0.2, 0.25) is 0 Å². The number of rotatable bonds is 2. The van der Waals surface area contributed by atoms with Crippen molar-refractivity contribution in [1.29, 1.82) is 0 Å². The molecule has 0 saturated heterocycles. The maximum Gasteiger partial charge on any atom is 0.111 e. The van der Waals surface area contributed by atoms with Crippen molar-refractivity contribution in [2.24, 2.45) is 0 Å². The molecule has 1 N–H and O–H groups in total. The lowest BCUT2D eigenvalue weighted by Crippen LogP contribution is -1.87. The average molecular weight is 265 g/mol. The summed E-state index contributed by atoms with van der Waals surface area (Å²) in [6, 6.07) is 9.90.